The Labute approximate surface area is 82.6 Å². The van der Waals surface area contributed by atoms with E-state index in [4.69, 9.17) is 5.11 Å². The van der Waals surface area contributed by atoms with E-state index >= 15 is 0 Å². The maximum Gasteiger partial charge on any atom is 0.251 e. The average Bonchev–Trinajstić information content (AvgIpc) is 2.04. The number of hydrogen-bond acceptors (Lipinski definition) is 3. The van der Waals surface area contributed by atoms with Gasteiger partial charge in [0.2, 0.25) is 0 Å². The Morgan fingerprint density at radius 2 is 2.08 bits per heavy atom. The van der Waals surface area contributed by atoms with Gasteiger partial charge in [0.25, 0.3) is 6.43 Å². The summed E-state index contributed by atoms with van der Waals surface area (Å²) in [5.41, 5.74) is 0. The molecule has 2 nitrogen and oxygen atoms in total. The van der Waals surface area contributed by atoms with E-state index in [0.717, 1.165) is 0 Å². The van der Waals surface area contributed by atoms with Crippen LogP contribution in [0.2, 0.25) is 0 Å². The summed E-state index contributed by atoms with van der Waals surface area (Å²) < 4.78 is 23.9. The third kappa shape index (κ3) is 8.21. The molecular formula is C8H15F2NOS. The topological polar surface area (TPSA) is 23.5 Å². The Hall–Kier alpha value is -0.130. The Kier molecular flexibility index (Phi) is 8.38. The van der Waals surface area contributed by atoms with E-state index in [9.17, 15) is 8.78 Å². The van der Waals surface area contributed by atoms with Gasteiger partial charge in [0.1, 0.15) is 0 Å². The molecule has 78 valence electrons. The first-order valence-electron chi connectivity index (χ1n) is 4.08. The van der Waals surface area contributed by atoms with Gasteiger partial charge in [-0.25, -0.2) is 8.78 Å². The molecule has 0 saturated carbocycles. The lowest BCUT2D eigenvalue weighted by Gasteiger charge is -2.18. The van der Waals surface area contributed by atoms with Crippen LogP contribution in [0.4, 0.5) is 8.78 Å². The Morgan fingerprint density at radius 1 is 1.38 bits per heavy atom. The van der Waals surface area contributed by atoms with Crippen molar-refractivity contribution < 1.29 is 13.9 Å². The highest BCUT2D eigenvalue weighted by Gasteiger charge is 2.09. The van der Waals surface area contributed by atoms with Gasteiger partial charge in [0.15, 0.2) is 0 Å². The molecule has 0 aliphatic heterocycles. The highest BCUT2D eigenvalue weighted by atomic mass is 32.1. The summed E-state index contributed by atoms with van der Waals surface area (Å²) in [6.45, 7) is 0.325. The Bertz CT molecular complexity index is 144. The van der Waals surface area contributed by atoms with Gasteiger partial charge in [0.05, 0.1) is 13.2 Å². The van der Waals surface area contributed by atoms with Crippen molar-refractivity contribution >= 4 is 12.6 Å². The van der Waals surface area contributed by atoms with Gasteiger partial charge in [-0.2, -0.15) is 12.6 Å². The minimum atomic E-state index is -2.35. The largest absolute Gasteiger partial charge is 0.395 e. The lowest BCUT2D eigenvalue weighted by molar-refractivity contribution is 0.0844. The fraction of sp³-hybridized carbons (Fsp3) is 0.750. The average molecular weight is 211 g/mol. The minimum Gasteiger partial charge on any atom is -0.395 e. The van der Waals surface area contributed by atoms with Gasteiger partial charge in [-0.3, -0.25) is 4.90 Å². The molecule has 0 saturated heterocycles. The second kappa shape index (κ2) is 8.47. The molecule has 0 rings (SSSR count). The van der Waals surface area contributed by atoms with Crippen molar-refractivity contribution in [3.63, 3.8) is 0 Å². The zero-order valence-electron chi connectivity index (χ0n) is 7.37. The molecule has 0 aliphatic carbocycles. The quantitative estimate of drug-likeness (QED) is 0.485. The molecule has 0 amide bonds. The van der Waals surface area contributed by atoms with Crippen LogP contribution in [0.3, 0.4) is 0 Å². The zero-order valence-corrected chi connectivity index (χ0v) is 8.26. The molecule has 0 radical (unpaired) electrons. The van der Waals surface area contributed by atoms with Gasteiger partial charge >= 0.3 is 0 Å². The van der Waals surface area contributed by atoms with Crippen molar-refractivity contribution in [3.05, 3.63) is 12.2 Å². The standard InChI is InChI=1S/C8H15F2NOS/c9-8(10)7-11(4-5-12)3-1-2-6-13/h1-2,8,12-13H,3-7H2/b2-1+. The summed E-state index contributed by atoms with van der Waals surface area (Å²) in [5.74, 6) is 0.599. The molecule has 0 aromatic rings. The van der Waals surface area contributed by atoms with Crippen LogP contribution < -0.4 is 0 Å². The predicted octanol–water partition coefficient (Wildman–Crippen LogP) is 1.03. The van der Waals surface area contributed by atoms with E-state index in [1.807, 2.05) is 0 Å². The van der Waals surface area contributed by atoms with Crippen molar-refractivity contribution in [2.75, 3.05) is 32.0 Å². The minimum absolute atomic E-state index is 0.0958. The van der Waals surface area contributed by atoms with E-state index in [1.54, 1.807) is 12.2 Å². The van der Waals surface area contributed by atoms with Crippen LogP contribution in [0.1, 0.15) is 0 Å². The summed E-state index contributed by atoms with van der Waals surface area (Å²) in [5, 5.41) is 8.58. The smallest absolute Gasteiger partial charge is 0.251 e. The first-order chi connectivity index (χ1) is 6.20. The number of thiol groups is 1. The molecule has 0 heterocycles. The van der Waals surface area contributed by atoms with Crippen LogP contribution in [0, 0.1) is 0 Å². The van der Waals surface area contributed by atoms with Gasteiger partial charge in [0, 0.05) is 18.8 Å². The second-order valence-electron chi connectivity index (χ2n) is 2.53. The van der Waals surface area contributed by atoms with Gasteiger partial charge in [-0.05, 0) is 0 Å². The molecule has 1 N–H and O–H groups in total. The normalized spacial score (nSPS) is 12.2. The van der Waals surface area contributed by atoms with Crippen LogP contribution in [-0.4, -0.2) is 48.4 Å². The maximum atomic E-state index is 12.0. The van der Waals surface area contributed by atoms with Crippen LogP contribution in [-0.2, 0) is 0 Å². The molecule has 5 heteroatoms. The molecule has 0 aromatic heterocycles. The fourth-order valence-corrected chi connectivity index (χ4v) is 1.04. The van der Waals surface area contributed by atoms with Gasteiger partial charge < -0.3 is 5.11 Å². The number of aliphatic hydroxyl groups excluding tert-OH is 1. The third-order valence-electron chi connectivity index (χ3n) is 1.45. The van der Waals surface area contributed by atoms with Crippen LogP contribution in [0.15, 0.2) is 12.2 Å². The summed E-state index contributed by atoms with van der Waals surface area (Å²) >= 11 is 3.94. The summed E-state index contributed by atoms with van der Waals surface area (Å²) in [6, 6.07) is 0. The van der Waals surface area contributed by atoms with E-state index in [1.165, 1.54) is 4.90 Å². The first kappa shape index (κ1) is 12.9. The zero-order chi connectivity index (χ0) is 10.1. The molecule has 0 fully saturated rings. The molecule has 0 aliphatic rings. The van der Waals surface area contributed by atoms with Gasteiger partial charge in [-0.15, -0.1) is 0 Å². The van der Waals surface area contributed by atoms with Gasteiger partial charge in [-0.1, -0.05) is 12.2 Å². The third-order valence-corrected chi connectivity index (χ3v) is 1.66. The first-order valence-corrected chi connectivity index (χ1v) is 4.71. The molecule has 13 heavy (non-hydrogen) atoms. The van der Waals surface area contributed by atoms with E-state index < -0.39 is 6.43 Å². The summed E-state index contributed by atoms with van der Waals surface area (Å²) in [6.07, 6.45) is 1.21. The van der Waals surface area contributed by atoms with Crippen LogP contribution >= 0.6 is 12.6 Å². The molecule has 0 unspecified atom stereocenters. The fourth-order valence-electron chi connectivity index (χ4n) is 0.892. The molecule has 0 aromatic carbocycles. The molecule has 0 atom stereocenters. The van der Waals surface area contributed by atoms with Crippen LogP contribution in [0.25, 0.3) is 0 Å². The lowest BCUT2D eigenvalue weighted by Crippen LogP contribution is -2.31. The van der Waals surface area contributed by atoms with Crippen molar-refractivity contribution in [1.29, 1.82) is 0 Å². The van der Waals surface area contributed by atoms with E-state index in [0.29, 0.717) is 12.3 Å². The number of nitrogens with zero attached hydrogens (tertiary/aromatic N) is 1. The highest BCUT2D eigenvalue weighted by molar-refractivity contribution is 7.80. The number of alkyl halides is 2. The maximum absolute atomic E-state index is 12.0. The van der Waals surface area contributed by atoms with Crippen LogP contribution in [0.5, 0.6) is 0 Å². The highest BCUT2D eigenvalue weighted by Crippen LogP contribution is 1.98. The Balaban J connectivity index is 3.72. The Morgan fingerprint density at radius 3 is 2.54 bits per heavy atom. The SMILES string of the molecule is OCCN(C/C=C/CS)CC(F)F. The number of hydrogen-bond donors (Lipinski definition) is 2. The van der Waals surface area contributed by atoms with Crippen molar-refractivity contribution in [3.8, 4) is 0 Å². The van der Waals surface area contributed by atoms with Crippen molar-refractivity contribution in [1.82, 2.24) is 4.90 Å². The van der Waals surface area contributed by atoms with Crippen molar-refractivity contribution in [2.24, 2.45) is 0 Å². The lowest BCUT2D eigenvalue weighted by atomic mass is 10.4. The second-order valence-corrected chi connectivity index (χ2v) is 2.89. The van der Waals surface area contributed by atoms with E-state index in [-0.39, 0.29) is 19.7 Å². The van der Waals surface area contributed by atoms with E-state index in [2.05, 4.69) is 12.6 Å². The number of halogens is 2. The number of aliphatic hydroxyl groups is 1. The van der Waals surface area contributed by atoms with Crippen molar-refractivity contribution in [2.45, 2.75) is 6.43 Å². The predicted molar refractivity (Wildman–Crippen MR) is 52.5 cm³/mol. The number of rotatable bonds is 7. The summed E-state index contributed by atoms with van der Waals surface area (Å²) in [7, 11) is 0. The molecule has 0 spiro atoms. The summed E-state index contributed by atoms with van der Waals surface area (Å²) in [4.78, 5) is 1.49. The molecule has 0 bridgehead atoms. The monoisotopic (exact) mass is 211 g/mol. The molecular weight excluding hydrogens is 196 g/mol.